The monoisotopic (exact) mass is 350 g/mol. The number of anilines is 2. The van der Waals surface area contributed by atoms with Gasteiger partial charge in [0, 0.05) is 24.2 Å². The summed E-state index contributed by atoms with van der Waals surface area (Å²) in [5.74, 6) is 0.719. The molecule has 0 atom stereocenters. The van der Waals surface area contributed by atoms with Crippen molar-refractivity contribution in [3.8, 4) is 0 Å². The number of benzene rings is 1. The lowest BCUT2D eigenvalue weighted by Gasteiger charge is -2.28. The topological polar surface area (TPSA) is 58.1 Å². The fourth-order valence-corrected chi connectivity index (χ4v) is 3.67. The first-order valence-corrected chi connectivity index (χ1v) is 9.09. The zero-order chi connectivity index (χ0) is 17.2. The molecule has 0 aliphatic carbocycles. The molecule has 0 unspecified atom stereocenters. The molecule has 6 heteroatoms. The number of aryl methyl sites for hydroxylation is 1. The van der Waals surface area contributed by atoms with Crippen LogP contribution >= 0.6 is 11.3 Å². The molecule has 3 heterocycles. The number of carbonyl (C=O) groups excluding carboxylic acids is 1. The summed E-state index contributed by atoms with van der Waals surface area (Å²) in [6.45, 7) is 3.32. The summed E-state index contributed by atoms with van der Waals surface area (Å²) in [5, 5.41) is 5.65. The molecule has 2 aromatic heterocycles. The Labute approximate surface area is 150 Å². The van der Waals surface area contributed by atoms with Crippen molar-refractivity contribution in [1.29, 1.82) is 0 Å². The van der Waals surface area contributed by atoms with Crippen molar-refractivity contribution >= 4 is 28.2 Å². The lowest BCUT2D eigenvalue weighted by atomic mass is 10.00. The number of rotatable bonds is 3. The molecule has 1 amide bonds. The van der Waals surface area contributed by atoms with Gasteiger partial charge in [-0.25, -0.2) is 9.97 Å². The molecular formula is C19H18N4OS. The number of pyridine rings is 1. The highest BCUT2D eigenvalue weighted by atomic mass is 32.1. The smallest absolute Gasteiger partial charge is 0.273 e. The van der Waals surface area contributed by atoms with Crippen molar-refractivity contribution < 1.29 is 4.79 Å². The maximum Gasteiger partial charge on any atom is 0.273 e. The third-order valence-electron chi connectivity index (χ3n) is 4.26. The van der Waals surface area contributed by atoms with Gasteiger partial charge in [0.15, 0.2) is 5.13 Å². The van der Waals surface area contributed by atoms with Crippen molar-refractivity contribution in [2.24, 2.45) is 0 Å². The van der Waals surface area contributed by atoms with E-state index in [1.165, 1.54) is 22.5 Å². The summed E-state index contributed by atoms with van der Waals surface area (Å²) in [5.41, 5.74) is 3.97. The van der Waals surface area contributed by atoms with Crippen LogP contribution in [0.15, 0.2) is 47.8 Å². The van der Waals surface area contributed by atoms with Gasteiger partial charge >= 0.3 is 0 Å². The summed E-state index contributed by atoms with van der Waals surface area (Å²) in [6, 6.07) is 14.1. The van der Waals surface area contributed by atoms with Crippen LogP contribution in [0.1, 0.15) is 27.3 Å². The summed E-state index contributed by atoms with van der Waals surface area (Å²) in [7, 11) is 0. The van der Waals surface area contributed by atoms with Gasteiger partial charge in [-0.3, -0.25) is 4.79 Å². The van der Waals surface area contributed by atoms with E-state index in [-0.39, 0.29) is 5.91 Å². The van der Waals surface area contributed by atoms with E-state index < -0.39 is 0 Å². The minimum atomic E-state index is -0.0176. The molecule has 0 saturated carbocycles. The summed E-state index contributed by atoms with van der Waals surface area (Å²) in [6.07, 6.45) is 0.893. The highest BCUT2D eigenvalue weighted by Gasteiger charge is 2.23. The second-order valence-corrected chi connectivity index (χ2v) is 6.93. The zero-order valence-electron chi connectivity index (χ0n) is 13.9. The fraction of sp³-hybridized carbons (Fsp3) is 0.211. The van der Waals surface area contributed by atoms with Crippen LogP contribution in [0.3, 0.4) is 0 Å². The summed E-state index contributed by atoms with van der Waals surface area (Å²) >= 11 is 1.42. The molecule has 0 saturated heterocycles. The lowest BCUT2D eigenvalue weighted by Crippen LogP contribution is -2.36. The van der Waals surface area contributed by atoms with Crippen LogP contribution in [0.25, 0.3) is 0 Å². The Morgan fingerprint density at radius 1 is 1.12 bits per heavy atom. The van der Waals surface area contributed by atoms with Gasteiger partial charge in [-0.1, -0.05) is 30.3 Å². The van der Waals surface area contributed by atoms with Gasteiger partial charge in [0.25, 0.3) is 5.91 Å². The van der Waals surface area contributed by atoms with E-state index in [2.05, 4.69) is 27.4 Å². The van der Waals surface area contributed by atoms with Crippen molar-refractivity contribution in [2.75, 3.05) is 11.9 Å². The van der Waals surface area contributed by atoms with E-state index in [1.54, 1.807) is 5.38 Å². The van der Waals surface area contributed by atoms with Crippen LogP contribution in [0, 0.1) is 6.92 Å². The summed E-state index contributed by atoms with van der Waals surface area (Å²) in [4.78, 5) is 23.5. The van der Waals surface area contributed by atoms with Gasteiger partial charge in [-0.15, -0.1) is 11.3 Å². The van der Waals surface area contributed by atoms with E-state index in [4.69, 9.17) is 0 Å². The Bertz CT molecular complexity index is 921. The van der Waals surface area contributed by atoms with Crippen molar-refractivity contribution in [2.45, 2.75) is 19.9 Å². The second-order valence-electron chi connectivity index (χ2n) is 6.07. The van der Waals surface area contributed by atoms with Crippen LogP contribution < -0.4 is 5.32 Å². The van der Waals surface area contributed by atoms with Crippen molar-refractivity contribution in [3.63, 3.8) is 0 Å². The number of aromatic nitrogens is 2. The van der Waals surface area contributed by atoms with Crippen molar-refractivity contribution in [1.82, 2.24) is 14.9 Å². The molecule has 1 aliphatic rings. The molecule has 126 valence electrons. The highest BCUT2D eigenvalue weighted by Crippen LogP contribution is 2.23. The van der Waals surface area contributed by atoms with Crippen LogP contribution in [-0.4, -0.2) is 27.3 Å². The van der Waals surface area contributed by atoms with Gasteiger partial charge < -0.3 is 10.2 Å². The Morgan fingerprint density at radius 3 is 2.80 bits per heavy atom. The molecule has 0 bridgehead atoms. The van der Waals surface area contributed by atoms with Crippen LogP contribution in [0.2, 0.25) is 0 Å². The van der Waals surface area contributed by atoms with E-state index in [0.29, 0.717) is 17.4 Å². The van der Waals surface area contributed by atoms with Gasteiger partial charge in [-0.05, 0) is 36.6 Å². The fourth-order valence-electron chi connectivity index (χ4n) is 2.98. The Balaban J connectivity index is 1.48. The van der Waals surface area contributed by atoms with E-state index in [9.17, 15) is 4.79 Å². The molecule has 3 aromatic rings. The molecule has 1 aromatic carbocycles. The van der Waals surface area contributed by atoms with Crippen LogP contribution in [0.4, 0.5) is 10.9 Å². The quantitative estimate of drug-likeness (QED) is 0.781. The first-order valence-electron chi connectivity index (χ1n) is 8.21. The first-order chi connectivity index (χ1) is 12.2. The minimum absolute atomic E-state index is 0.0176. The zero-order valence-corrected chi connectivity index (χ0v) is 14.7. The third kappa shape index (κ3) is 3.39. The van der Waals surface area contributed by atoms with Gasteiger partial charge in [0.2, 0.25) is 0 Å². The highest BCUT2D eigenvalue weighted by molar-refractivity contribution is 7.14. The number of thiazole rings is 1. The van der Waals surface area contributed by atoms with E-state index in [1.807, 2.05) is 42.2 Å². The number of hydrogen-bond acceptors (Lipinski definition) is 5. The van der Waals surface area contributed by atoms with Crippen LogP contribution in [0.5, 0.6) is 0 Å². The molecule has 0 spiro atoms. The normalized spacial score (nSPS) is 13.4. The molecule has 5 nitrogen and oxygen atoms in total. The molecule has 1 N–H and O–H groups in total. The maximum atomic E-state index is 12.8. The number of hydrogen-bond donors (Lipinski definition) is 1. The molecule has 25 heavy (non-hydrogen) atoms. The minimum Gasteiger partial charge on any atom is -0.333 e. The summed E-state index contributed by atoms with van der Waals surface area (Å²) < 4.78 is 0. The average molecular weight is 350 g/mol. The number of carbonyl (C=O) groups is 1. The molecule has 4 rings (SSSR count). The van der Waals surface area contributed by atoms with E-state index >= 15 is 0 Å². The largest absolute Gasteiger partial charge is 0.333 e. The second kappa shape index (κ2) is 6.64. The molecule has 0 radical (unpaired) electrons. The molecular weight excluding hydrogens is 332 g/mol. The van der Waals surface area contributed by atoms with Crippen molar-refractivity contribution in [3.05, 3.63) is 70.4 Å². The van der Waals surface area contributed by atoms with Crippen LogP contribution in [-0.2, 0) is 13.0 Å². The maximum absolute atomic E-state index is 12.8. The van der Waals surface area contributed by atoms with Gasteiger partial charge in [-0.2, -0.15) is 0 Å². The van der Waals surface area contributed by atoms with E-state index in [0.717, 1.165) is 24.5 Å². The number of nitrogens with zero attached hydrogens (tertiary/aromatic N) is 3. The number of fused-ring (bicyclic) bond motifs is 1. The van der Waals surface area contributed by atoms with Gasteiger partial charge in [0.1, 0.15) is 11.5 Å². The lowest BCUT2D eigenvalue weighted by molar-refractivity contribution is 0.0729. The Morgan fingerprint density at radius 2 is 1.96 bits per heavy atom. The SMILES string of the molecule is Cc1cccc(Nc2nc(C(=O)N3CCc4ccccc4C3)cs2)n1. The first kappa shape index (κ1) is 15.8. The number of amides is 1. The molecule has 1 aliphatic heterocycles. The Hall–Kier alpha value is -2.73. The van der Waals surface area contributed by atoms with Gasteiger partial charge in [0.05, 0.1) is 0 Å². The predicted molar refractivity (Wildman–Crippen MR) is 99.3 cm³/mol. The standard InChI is InChI=1S/C19H18N4OS/c1-13-5-4-8-17(20-13)22-19-21-16(12-25-19)18(24)23-10-9-14-6-2-3-7-15(14)11-23/h2-8,12H,9-11H2,1H3,(H,20,21,22). The Kier molecular flexibility index (Phi) is 4.19. The third-order valence-corrected chi connectivity index (χ3v) is 5.02. The average Bonchev–Trinajstić information content (AvgIpc) is 3.09. The predicted octanol–water partition coefficient (Wildman–Crippen LogP) is 3.79. The number of nitrogens with one attached hydrogen (secondary N) is 1. The molecule has 0 fully saturated rings.